The Labute approximate surface area is 156 Å². The molecule has 0 saturated carbocycles. The van der Waals surface area contributed by atoms with E-state index in [9.17, 15) is 4.79 Å². The summed E-state index contributed by atoms with van der Waals surface area (Å²) in [6.45, 7) is 8.04. The van der Waals surface area contributed by atoms with Crippen molar-refractivity contribution in [1.82, 2.24) is 0 Å². The Balaban J connectivity index is 2.27. The number of nitrogens with zero attached hydrogens (tertiary/aromatic N) is 1. The highest BCUT2D eigenvalue weighted by Crippen LogP contribution is 2.27. The molecule has 0 aliphatic heterocycles. The molecule has 0 bridgehead atoms. The van der Waals surface area contributed by atoms with Crippen molar-refractivity contribution in [3.8, 4) is 11.5 Å². The monoisotopic (exact) mass is 353 g/mol. The molecule has 2 aromatic carbocycles. The van der Waals surface area contributed by atoms with Crippen molar-refractivity contribution in [3.05, 3.63) is 59.2 Å². The van der Waals surface area contributed by atoms with Crippen LogP contribution >= 0.6 is 0 Å². The average molecular weight is 353 g/mol. The normalized spacial score (nSPS) is 11.2. The second kappa shape index (κ2) is 9.09. The molecule has 2 aromatic rings. The number of anilines is 1. The summed E-state index contributed by atoms with van der Waals surface area (Å²) in [6.07, 6.45) is 1.90. The van der Waals surface area contributed by atoms with E-state index in [1.807, 2.05) is 25.1 Å². The van der Waals surface area contributed by atoms with Gasteiger partial charge in [0.15, 0.2) is 5.78 Å². The van der Waals surface area contributed by atoms with E-state index >= 15 is 0 Å². The van der Waals surface area contributed by atoms with E-state index in [0.29, 0.717) is 22.6 Å². The molecule has 0 atom stereocenters. The van der Waals surface area contributed by atoms with E-state index in [0.717, 1.165) is 18.7 Å². The minimum absolute atomic E-state index is 0.0754. The lowest BCUT2D eigenvalue weighted by atomic mass is 10.0. The van der Waals surface area contributed by atoms with Crippen LogP contribution in [0.4, 0.5) is 5.69 Å². The summed E-state index contributed by atoms with van der Waals surface area (Å²) >= 11 is 0. The lowest BCUT2D eigenvalue weighted by molar-refractivity contribution is 0.103. The fourth-order valence-corrected chi connectivity index (χ4v) is 2.89. The highest BCUT2D eigenvalue weighted by Gasteiger charge is 2.15. The van der Waals surface area contributed by atoms with Crippen molar-refractivity contribution in [2.45, 2.75) is 20.8 Å². The first-order valence-electron chi connectivity index (χ1n) is 8.84. The number of carbonyl (C=O) groups excluding carboxylic acids is 1. The third-order valence-electron chi connectivity index (χ3n) is 4.41. The predicted molar refractivity (Wildman–Crippen MR) is 108 cm³/mol. The number of hydrogen-bond donors (Lipinski definition) is 0. The first-order valence-corrected chi connectivity index (χ1v) is 8.84. The topological polar surface area (TPSA) is 38.8 Å². The van der Waals surface area contributed by atoms with Gasteiger partial charge in [-0.25, -0.2) is 0 Å². The Morgan fingerprint density at radius 1 is 1.00 bits per heavy atom. The molecule has 0 aliphatic rings. The molecule has 0 amide bonds. The maximum atomic E-state index is 12.9. The van der Waals surface area contributed by atoms with Crippen LogP contribution in [0.2, 0.25) is 0 Å². The molecule has 0 aromatic heterocycles. The van der Waals surface area contributed by atoms with Crippen molar-refractivity contribution >= 4 is 17.5 Å². The summed E-state index contributed by atoms with van der Waals surface area (Å²) in [5, 5.41) is 0. The Hall–Kier alpha value is -2.75. The highest BCUT2D eigenvalue weighted by atomic mass is 16.5. The Bertz CT molecular complexity index is 774. The summed E-state index contributed by atoms with van der Waals surface area (Å²) in [4.78, 5) is 15.1. The van der Waals surface area contributed by atoms with Gasteiger partial charge in [-0.1, -0.05) is 12.1 Å². The predicted octanol–water partition coefficient (Wildman–Crippen LogP) is 4.84. The van der Waals surface area contributed by atoms with Crippen molar-refractivity contribution in [2.75, 3.05) is 32.2 Å². The third kappa shape index (κ3) is 4.45. The molecule has 0 fully saturated rings. The van der Waals surface area contributed by atoms with Crippen LogP contribution in [-0.2, 0) is 0 Å². The van der Waals surface area contributed by atoms with Crippen LogP contribution < -0.4 is 14.4 Å². The summed E-state index contributed by atoms with van der Waals surface area (Å²) in [7, 11) is 3.14. The zero-order valence-corrected chi connectivity index (χ0v) is 16.2. The molecule has 0 N–H and O–H groups in total. The molecule has 0 radical (unpaired) electrons. The molecule has 0 aliphatic carbocycles. The van der Waals surface area contributed by atoms with Crippen molar-refractivity contribution in [3.63, 3.8) is 0 Å². The highest BCUT2D eigenvalue weighted by molar-refractivity contribution is 6.12. The second-order valence-corrected chi connectivity index (χ2v) is 5.99. The smallest absolute Gasteiger partial charge is 0.192 e. The van der Waals surface area contributed by atoms with E-state index in [2.05, 4.69) is 30.9 Å². The minimum atomic E-state index is -0.0754. The van der Waals surface area contributed by atoms with Crippen LogP contribution in [0, 0.1) is 0 Å². The quantitative estimate of drug-likeness (QED) is 0.503. The van der Waals surface area contributed by atoms with Gasteiger partial charge >= 0.3 is 0 Å². The third-order valence-corrected chi connectivity index (χ3v) is 4.41. The van der Waals surface area contributed by atoms with Crippen LogP contribution in [0.5, 0.6) is 11.5 Å². The first-order chi connectivity index (χ1) is 12.5. The molecule has 0 saturated heterocycles. The molecular formula is C22H27NO3. The number of methoxy groups -OCH3 is 2. The standard InChI is InChI=1S/C22H27NO3/c1-6-23(7-2)18-10-8-17(9-11-18)14-16(3)22(24)20-15-19(25-4)12-13-21(20)26-5/h8-15H,6-7H2,1-5H3/b16-14+. The van der Waals surface area contributed by atoms with Crippen LogP contribution in [0.15, 0.2) is 48.0 Å². The van der Waals surface area contributed by atoms with Gasteiger partial charge in [0.2, 0.25) is 0 Å². The molecule has 0 heterocycles. The van der Waals surface area contributed by atoms with Crippen LogP contribution in [-0.4, -0.2) is 33.1 Å². The fourth-order valence-electron chi connectivity index (χ4n) is 2.89. The van der Waals surface area contributed by atoms with Gasteiger partial charge in [0, 0.05) is 18.8 Å². The molecule has 4 heteroatoms. The zero-order valence-electron chi connectivity index (χ0n) is 16.2. The van der Waals surface area contributed by atoms with E-state index in [4.69, 9.17) is 9.47 Å². The Morgan fingerprint density at radius 3 is 2.19 bits per heavy atom. The summed E-state index contributed by atoms with van der Waals surface area (Å²) in [6, 6.07) is 13.5. The maximum absolute atomic E-state index is 12.9. The van der Waals surface area contributed by atoms with Crippen molar-refractivity contribution in [2.24, 2.45) is 0 Å². The number of Topliss-reactive ketones (excluding diaryl/α,β-unsaturated/α-hetero) is 1. The molecule has 26 heavy (non-hydrogen) atoms. The lowest BCUT2D eigenvalue weighted by Crippen LogP contribution is -2.21. The average Bonchev–Trinajstić information content (AvgIpc) is 2.69. The van der Waals surface area contributed by atoms with Gasteiger partial charge in [-0.15, -0.1) is 0 Å². The number of allylic oxidation sites excluding steroid dienone is 1. The van der Waals surface area contributed by atoms with E-state index < -0.39 is 0 Å². The van der Waals surface area contributed by atoms with Gasteiger partial charge in [0.05, 0.1) is 19.8 Å². The van der Waals surface area contributed by atoms with E-state index in [1.54, 1.807) is 32.4 Å². The Kier molecular flexibility index (Phi) is 6.84. The molecule has 4 nitrogen and oxygen atoms in total. The number of benzene rings is 2. The largest absolute Gasteiger partial charge is 0.497 e. The number of ether oxygens (including phenoxy) is 2. The summed E-state index contributed by atoms with van der Waals surface area (Å²) in [5.74, 6) is 1.10. The molecule has 138 valence electrons. The van der Waals surface area contributed by atoms with Crippen molar-refractivity contribution in [1.29, 1.82) is 0 Å². The number of hydrogen-bond acceptors (Lipinski definition) is 4. The van der Waals surface area contributed by atoms with Crippen LogP contribution in [0.3, 0.4) is 0 Å². The Morgan fingerprint density at radius 2 is 1.65 bits per heavy atom. The fraction of sp³-hybridized carbons (Fsp3) is 0.318. The number of carbonyl (C=O) groups is 1. The SMILES string of the molecule is CCN(CC)c1ccc(/C=C(\C)C(=O)c2cc(OC)ccc2OC)cc1. The summed E-state index contributed by atoms with van der Waals surface area (Å²) < 4.78 is 10.6. The van der Waals surface area contributed by atoms with Gasteiger partial charge in [-0.2, -0.15) is 0 Å². The second-order valence-electron chi connectivity index (χ2n) is 5.99. The number of ketones is 1. The van der Waals surface area contributed by atoms with E-state index in [1.165, 1.54) is 5.69 Å². The molecule has 0 unspecified atom stereocenters. The maximum Gasteiger partial charge on any atom is 0.192 e. The van der Waals surface area contributed by atoms with Crippen molar-refractivity contribution < 1.29 is 14.3 Å². The van der Waals surface area contributed by atoms with Crippen LogP contribution in [0.1, 0.15) is 36.7 Å². The molecule has 2 rings (SSSR count). The number of rotatable bonds is 8. The van der Waals surface area contributed by atoms with Gasteiger partial charge in [0.1, 0.15) is 11.5 Å². The van der Waals surface area contributed by atoms with Crippen LogP contribution in [0.25, 0.3) is 6.08 Å². The van der Waals surface area contributed by atoms with Gasteiger partial charge in [-0.05, 0) is 68.3 Å². The lowest BCUT2D eigenvalue weighted by Gasteiger charge is -2.20. The minimum Gasteiger partial charge on any atom is -0.497 e. The molecule has 0 spiro atoms. The zero-order chi connectivity index (χ0) is 19.1. The molecular weight excluding hydrogens is 326 g/mol. The summed E-state index contributed by atoms with van der Waals surface area (Å²) in [5.41, 5.74) is 3.33. The van der Waals surface area contributed by atoms with E-state index in [-0.39, 0.29) is 5.78 Å². The van der Waals surface area contributed by atoms with Gasteiger partial charge in [0.25, 0.3) is 0 Å². The van der Waals surface area contributed by atoms with Gasteiger partial charge in [-0.3, -0.25) is 4.79 Å². The van der Waals surface area contributed by atoms with Gasteiger partial charge < -0.3 is 14.4 Å². The first kappa shape index (κ1) is 19.6.